The van der Waals surface area contributed by atoms with Crippen LogP contribution >= 0.6 is 0 Å². The van der Waals surface area contributed by atoms with E-state index < -0.39 is 10.0 Å². The third kappa shape index (κ3) is 4.54. The third-order valence-corrected chi connectivity index (χ3v) is 6.06. The molecule has 0 radical (unpaired) electrons. The van der Waals surface area contributed by atoms with Gasteiger partial charge in [-0.25, -0.2) is 17.9 Å². The van der Waals surface area contributed by atoms with Crippen molar-refractivity contribution in [3.8, 4) is 0 Å². The van der Waals surface area contributed by atoms with Gasteiger partial charge >= 0.3 is 0 Å². The smallest absolute Gasteiger partial charge is 0.254 e. The number of rotatable bonds is 5. The van der Waals surface area contributed by atoms with Gasteiger partial charge in [0, 0.05) is 17.6 Å². The van der Waals surface area contributed by atoms with Gasteiger partial charge in [0.05, 0.1) is 4.90 Å². The molecule has 0 aromatic heterocycles. The van der Waals surface area contributed by atoms with E-state index in [1.165, 1.54) is 36.4 Å². The number of carbonyl (C=O) groups is 1. The zero-order chi connectivity index (χ0) is 19.6. The van der Waals surface area contributed by atoms with Crippen LogP contribution in [0.2, 0.25) is 0 Å². The lowest BCUT2D eigenvalue weighted by Gasteiger charge is -2.29. The summed E-state index contributed by atoms with van der Waals surface area (Å²) >= 11 is 0. The maximum Gasteiger partial charge on any atom is 0.254 e. The van der Waals surface area contributed by atoms with Gasteiger partial charge in [-0.2, -0.15) is 0 Å². The largest absolute Gasteiger partial charge is 0.333 e. The monoisotopic (exact) mass is 390 g/mol. The fourth-order valence-electron chi connectivity index (χ4n) is 3.64. The first-order chi connectivity index (χ1) is 12.8. The van der Waals surface area contributed by atoms with Gasteiger partial charge in [0.25, 0.3) is 5.91 Å². The number of benzene rings is 2. The highest BCUT2D eigenvalue weighted by Crippen LogP contribution is 2.29. The second-order valence-corrected chi connectivity index (χ2v) is 8.59. The van der Waals surface area contributed by atoms with E-state index in [0.29, 0.717) is 5.56 Å². The van der Waals surface area contributed by atoms with Gasteiger partial charge in [0.15, 0.2) is 0 Å². The summed E-state index contributed by atoms with van der Waals surface area (Å²) in [4.78, 5) is 14.9. The van der Waals surface area contributed by atoms with Crippen molar-refractivity contribution < 1.29 is 17.6 Å². The normalized spacial score (nSPS) is 20.0. The molecule has 1 heterocycles. The number of amides is 1. The van der Waals surface area contributed by atoms with Gasteiger partial charge in [-0.1, -0.05) is 12.1 Å². The Kier molecular flexibility index (Phi) is 5.62. The number of hydrogen-bond donors (Lipinski definition) is 1. The molecule has 7 heteroatoms. The SMILES string of the molecule is C[C@@H]1CC[C@H](CCc2ccc(F)cc2)N1C(=O)c1ccc(S(N)(=O)=O)cc1. The number of nitrogens with two attached hydrogens (primary N) is 1. The number of likely N-dealkylation sites (tertiary alicyclic amines) is 1. The summed E-state index contributed by atoms with van der Waals surface area (Å²) < 4.78 is 35.8. The Hall–Kier alpha value is -2.25. The highest BCUT2D eigenvalue weighted by molar-refractivity contribution is 7.89. The van der Waals surface area contributed by atoms with Crippen molar-refractivity contribution in [1.82, 2.24) is 4.90 Å². The minimum absolute atomic E-state index is 0.0126. The lowest BCUT2D eigenvalue weighted by molar-refractivity contribution is 0.0672. The molecule has 1 aliphatic heterocycles. The summed E-state index contributed by atoms with van der Waals surface area (Å²) in [5.41, 5.74) is 1.49. The average Bonchev–Trinajstić information content (AvgIpc) is 3.00. The van der Waals surface area contributed by atoms with Crippen LogP contribution in [0, 0.1) is 5.82 Å². The second kappa shape index (κ2) is 7.78. The van der Waals surface area contributed by atoms with E-state index >= 15 is 0 Å². The predicted molar refractivity (Wildman–Crippen MR) is 101 cm³/mol. The number of halogens is 1. The van der Waals surface area contributed by atoms with Crippen molar-refractivity contribution in [1.29, 1.82) is 0 Å². The minimum atomic E-state index is -3.78. The Morgan fingerprint density at radius 1 is 1.11 bits per heavy atom. The van der Waals surface area contributed by atoms with E-state index in [2.05, 4.69) is 0 Å². The molecule has 5 nitrogen and oxygen atoms in total. The molecule has 0 bridgehead atoms. The van der Waals surface area contributed by atoms with Gasteiger partial charge in [0.2, 0.25) is 10.0 Å². The summed E-state index contributed by atoms with van der Waals surface area (Å²) in [5, 5.41) is 5.11. The molecule has 0 saturated carbocycles. The van der Waals surface area contributed by atoms with Crippen LogP contribution in [0.4, 0.5) is 4.39 Å². The van der Waals surface area contributed by atoms with Gasteiger partial charge in [-0.05, 0) is 74.6 Å². The van der Waals surface area contributed by atoms with Crippen molar-refractivity contribution in [3.63, 3.8) is 0 Å². The van der Waals surface area contributed by atoms with E-state index in [0.717, 1.165) is 31.2 Å². The lowest BCUT2D eigenvalue weighted by atomic mass is 10.0. The molecule has 2 N–H and O–H groups in total. The van der Waals surface area contributed by atoms with E-state index in [9.17, 15) is 17.6 Å². The Morgan fingerprint density at radius 3 is 2.33 bits per heavy atom. The lowest BCUT2D eigenvalue weighted by Crippen LogP contribution is -2.40. The molecule has 1 amide bonds. The molecule has 27 heavy (non-hydrogen) atoms. The zero-order valence-corrected chi connectivity index (χ0v) is 16.0. The molecule has 1 aliphatic rings. The number of primary sulfonamides is 1. The Labute approximate surface area is 159 Å². The predicted octanol–water partition coefficient (Wildman–Crippen LogP) is 3.10. The number of carbonyl (C=O) groups excluding carboxylic acids is 1. The zero-order valence-electron chi connectivity index (χ0n) is 15.1. The molecule has 144 valence electrons. The Balaban J connectivity index is 1.72. The van der Waals surface area contributed by atoms with Crippen LogP contribution in [0.1, 0.15) is 42.1 Å². The summed E-state index contributed by atoms with van der Waals surface area (Å²) in [7, 11) is -3.78. The van der Waals surface area contributed by atoms with Crippen LogP contribution in [0.5, 0.6) is 0 Å². The summed E-state index contributed by atoms with van der Waals surface area (Å²) in [6, 6.07) is 12.4. The fraction of sp³-hybridized carbons (Fsp3) is 0.350. The van der Waals surface area contributed by atoms with Crippen molar-refractivity contribution in [3.05, 3.63) is 65.5 Å². The standard InChI is InChI=1S/C20H23FN2O3S/c1-14-2-10-18(11-5-15-3-8-17(21)9-4-15)23(14)20(24)16-6-12-19(13-7-16)27(22,25)26/h3-4,6-9,12-14,18H,2,5,10-11H2,1H3,(H2,22,25,26)/t14-,18-/m1/s1. The molecule has 0 spiro atoms. The first kappa shape index (κ1) is 19.5. The van der Waals surface area contributed by atoms with Crippen LogP contribution in [0.15, 0.2) is 53.4 Å². The third-order valence-electron chi connectivity index (χ3n) is 5.13. The number of hydrogen-bond acceptors (Lipinski definition) is 3. The molecule has 1 fully saturated rings. The van der Waals surface area contributed by atoms with Crippen LogP contribution in [0.25, 0.3) is 0 Å². The van der Waals surface area contributed by atoms with Crippen LogP contribution in [-0.4, -0.2) is 31.3 Å². The summed E-state index contributed by atoms with van der Waals surface area (Å²) in [6.45, 7) is 2.02. The van der Waals surface area contributed by atoms with Crippen molar-refractivity contribution >= 4 is 15.9 Å². The minimum Gasteiger partial charge on any atom is -0.333 e. The van der Waals surface area contributed by atoms with E-state index in [-0.39, 0.29) is 28.7 Å². The molecule has 1 saturated heterocycles. The molecule has 3 rings (SSSR count). The fourth-order valence-corrected chi connectivity index (χ4v) is 4.16. The molecular weight excluding hydrogens is 367 g/mol. The van der Waals surface area contributed by atoms with Gasteiger partial charge in [-0.15, -0.1) is 0 Å². The van der Waals surface area contributed by atoms with Crippen LogP contribution in [-0.2, 0) is 16.4 Å². The summed E-state index contributed by atoms with van der Waals surface area (Å²) in [5.74, 6) is -0.363. The molecule has 2 aromatic carbocycles. The number of sulfonamides is 1. The molecule has 2 aromatic rings. The van der Waals surface area contributed by atoms with Gasteiger partial charge < -0.3 is 4.90 Å². The maximum absolute atomic E-state index is 13.0. The topological polar surface area (TPSA) is 80.5 Å². The first-order valence-electron chi connectivity index (χ1n) is 8.95. The maximum atomic E-state index is 13.0. The van der Waals surface area contributed by atoms with Gasteiger partial charge in [-0.3, -0.25) is 4.79 Å². The second-order valence-electron chi connectivity index (χ2n) is 7.03. The average molecular weight is 390 g/mol. The highest BCUT2D eigenvalue weighted by Gasteiger charge is 2.34. The van der Waals surface area contributed by atoms with Crippen molar-refractivity contribution in [2.24, 2.45) is 5.14 Å². The first-order valence-corrected chi connectivity index (χ1v) is 10.5. The van der Waals surface area contributed by atoms with Crippen LogP contribution < -0.4 is 5.14 Å². The molecule has 0 unspecified atom stereocenters. The number of nitrogens with zero attached hydrogens (tertiary/aromatic N) is 1. The summed E-state index contributed by atoms with van der Waals surface area (Å²) in [6.07, 6.45) is 3.42. The molecular formula is C20H23FN2O3S. The van der Waals surface area contributed by atoms with Crippen molar-refractivity contribution in [2.75, 3.05) is 0 Å². The molecule has 2 atom stereocenters. The van der Waals surface area contributed by atoms with Gasteiger partial charge in [0.1, 0.15) is 5.82 Å². The Bertz CT molecular complexity index is 911. The number of aryl methyl sites for hydroxylation is 1. The quantitative estimate of drug-likeness (QED) is 0.852. The Morgan fingerprint density at radius 2 is 1.74 bits per heavy atom. The highest BCUT2D eigenvalue weighted by atomic mass is 32.2. The van der Waals surface area contributed by atoms with E-state index in [1.807, 2.05) is 11.8 Å². The van der Waals surface area contributed by atoms with E-state index in [1.54, 1.807) is 12.1 Å². The van der Waals surface area contributed by atoms with Crippen LogP contribution in [0.3, 0.4) is 0 Å². The van der Waals surface area contributed by atoms with Crippen molar-refractivity contribution in [2.45, 2.75) is 49.6 Å². The molecule has 0 aliphatic carbocycles. The van der Waals surface area contributed by atoms with E-state index in [4.69, 9.17) is 5.14 Å².